The van der Waals surface area contributed by atoms with Crippen LogP contribution in [0.1, 0.15) is 34.6 Å². The predicted octanol–water partition coefficient (Wildman–Crippen LogP) is 3.23. The summed E-state index contributed by atoms with van der Waals surface area (Å²) in [7, 11) is 0. The summed E-state index contributed by atoms with van der Waals surface area (Å²) in [5, 5.41) is 2.92. The highest BCUT2D eigenvalue weighted by molar-refractivity contribution is 9.10. The number of hydrogen-bond donors (Lipinski definition) is 2. The van der Waals surface area contributed by atoms with Gasteiger partial charge in [0.15, 0.2) is 0 Å². The number of carbonyl (C=O) groups is 1. The summed E-state index contributed by atoms with van der Waals surface area (Å²) in [6.45, 7) is 3.77. The largest absolute Gasteiger partial charge is 0.398 e. The molecule has 2 aromatic rings. The molecule has 1 heterocycles. The van der Waals surface area contributed by atoms with Crippen molar-refractivity contribution in [2.24, 2.45) is 0 Å². The molecular formula is C15H16BrN3O. The number of rotatable bonds is 3. The van der Waals surface area contributed by atoms with E-state index < -0.39 is 0 Å². The molecule has 1 atom stereocenters. The third-order valence-corrected chi connectivity index (χ3v) is 3.56. The maximum atomic E-state index is 12.2. The number of benzene rings is 1. The lowest BCUT2D eigenvalue weighted by Gasteiger charge is -2.15. The number of hydrogen-bond acceptors (Lipinski definition) is 3. The molecule has 1 aromatic carbocycles. The summed E-state index contributed by atoms with van der Waals surface area (Å²) < 4.78 is 1.01. The number of anilines is 1. The molecule has 0 radical (unpaired) electrons. The van der Waals surface area contributed by atoms with E-state index in [2.05, 4.69) is 26.2 Å². The average Bonchev–Trinajstić information content (AvgIpc) is 2.39. The minimum Gasteiger partial charge on any atom is -0.398 e. The van der Waals surface area contributed by atoms with Crippen molar-refractivity contribution in [2.75, 3.05) is 5.73 Å². The normalized spacial score (nSPS) is 11.9. The van der Waals surface area contributed by atoms with E-state index in [1.54, 1.807) is 6.07 Å². The number of aromatic nitrogens is 1. The van der Waals surface area contributed by atoms with Crippen molar-refractivity contribution < 1.29 is 4.79 Å². The van der Waals surface area contributed by atoms with E-state index >= 15 is 0 Å². The van der Waals surface area contributed by atoms with Crippen LogP contribution in [0.5, 0.6) is 0 Å². The number of nitrogen functional groups attached to an aromatic ring is 1. The minimum atomic E-state index is -0.217. The van der Waals surface area contributed by atoms with Crippen LogP contribution >= 0.6 is 15.9 Å². The molecule has 0 saturated carbocycles. The van der Waals surface area contributed by atoms with E-state index in [-0.39, 0.29) is 11.9 Å². The number of nitrogens with zero attached hydrogens (tertiary/aromatic N) is 1. The molecule has 0 aliphatic heterocycles. The molecule has 1 unspecified atom stereocenters. The molecule has 1 aromatic heterocycles. The highest BCUT2D eigenvalue weighted by atomic mass is 79.9. The van der Waals surface area contributed by atoms with Crippen molar-refractivity contribution in [1.82, 2.24) is 10.3 Å². The van der Waals surface area contributed by atoms with Gasteiger partial charge in [0.25, 0.3) is 5.91 Å². The first kappa shape index (κ1) is 14.5. The van der Waals surface area contributed by atoms with Gasteiger partial charge >= 0.3 is 0 Å². The molecular weight excluding hydrogens is 318 g/mol. The molecule has 0 aliphatic rings. The molecule has 0 bridgehead atoms. The van der Waals surface area contributed by atoms with Crippen molar-refractivity contribution in [3.05, 3.63) is 57.8 Å². The van der Waals surface area contributed by atoms with E-state index in [0.717, 1.165) is 15.7 Å². The smallest absolute Gasteiger partial charge is 0.255 e. The predicted molar refractivity (Wildman–Crippen MR) is 83.4 cm³/mol. The fourth-order valence-corrected chi connectivity index (χ4v) is 2.14. The Bertz CT molecular complexity index is 626. The third-order valence-electron chi connectivity index (χ3n) is 3.03. The van der Waals surface area contributed by atoms with Crippen molar-refractivity contribution in [1.29, 1.82) is 0 Å². The van der Waals surface area contributed by atoms with E-state index in [9.17, 15) is 4.79 Å². The quantitative estimate of drug-likeness (QED) is 0.906. The van der Waals surface area contributed by atoms with Crippen molar-refractivity contribution >= 4 is 27.5 Å². The topological polar surface area (TPSA) is 68.0 Å². The highest BCUT2D eigenvalue weighted by Crippen LogP contribution is 2.18. The van der Waals surface area contributed by atoms with Crippen molar-refractivity contribution in [3.63, 3.8) is 0 Å². The zero-order valence-corrected chi connectivity index (χ0v) is 12.9. The SMILES string of the molecule is Cc1cc(N)c(C(=O)NC(C)c2ccc(Br)cc2)cn1. The van der Waals surface area contributed by atoms with Gasteiger partial charge in [-0.05, 0) is 37.6 Å². The summed E-state index contributed by atoms with van der Waals surface area (Å²) in [5.74, 6) is -0.217. The Morgan fingerprint density at radius 2 is 2.00 bits per heavy atom. The summed E-state index contributed by atoms with van der Waals surface area (Å²) in [6.07, 6.45) is 1.51. The van der Waals surface area contributed by atoms with Gasteiger partial charge in [0.2, 0.25) is 0 Å². The van der Waals surface area contributed by atoms with Gasteiger partial charge in [0.05, 0.1) is 11.6 Å². The van der Waals surface area contributed by atoms with Gasteiger partial charge in [-0.1, -0.05) is 28.1 Å². The molecule has 4 nitrogen and oxygen atoms in total. The van der Waals surface area contributed by atoms with Gasteiger partial charge < -0.3 is 11.1 Å². The Balaban J connectivity index is 2.13. The van der Waals surface area contributed by atoms with Gasteiger partial charge in [-0.25, -0.2) is 0 Å². The molecule has 0 saturated heterocycles. The zero-order chi connectivity index (χ0) is 14.7. The number of halogens is 1. The van der Waals surface area contributed by atoms with Crippen LogP contribution in [0.25, 0.3) is 0 Å². The fourth-order valence-electron chi connectivity index (χ4n) is 1.88. The van der Waals surface area contributed by atoms with Crippen LogP contribution in [0.2, 0.25) is 0 Å². The van der Waals surface area contributed by atoms with Crippen LogP contribution in [-0.4, -0.2) is 10.9 Å². The number of carbonyl (C=O) groups excluding carboxylic acids is 1. The third kappa shape index (κ3) is 3.36. The molecule has 5 heteroatoms. The monoisotopic (exact) mass is 333 g/mol. The molecule has 0 spiro atoms. The Morgan fingerprint density at radius 1 is 1.35 bits per heavy atom. The van der Waals surface area contributed by atoms with Crippen molar-refractivity contribution in [3.8, 4) is 0 Å². The van der Waals surface area contributed by atoms with E-state index in [0.29, 0.717) is 11.3 Å². The maximum Gasteiger partial charge on any atom is 0.255 e. The Kier molecular flexibility index (Phi) is 4.39. The first-order valence-corrected chi connectivity index (χ1v) is 7.05. The van der Waals surface area contributed by atoms with Crippen LogP contribution in [0, 0.1) is 6.92 Å². The lowest BCUT2D eigenvalue weighted by atomic mass is 10.1. The first-order valence-electron chi connectivity index (χ1n) is 6.26. The first-order chi connectivity index (χ1) is 9.47. The molecule has 104 valence electrons. The van der Waals surface area contributed by atoms with E-state index in [1.165, 1.54) is 6.20 Å². The zero-order valence-electron chi connectivity index (χ0n) is 11.4. The number of aryl methyl sites for hydroxylation is 1. The molecule has 20 heavy (non-hydrogen) atoms. The van der Waals surface area contributed by atoms with Gasteiger partial charge in [-0.2, -0.15) is 0 Å². The molecule has 3 N–H and O–H groups in total. The van der Waals surface area contributed by atoms with E-state index in [1.807, 2.05) is 38.1 Å². The van der Waals surface area contributed by atoms with Gasteiger partial charge in [-0.3, -0.25) is 9.78 Å². The Morgan fingerprint density at radius 3 is 2.60 bits per heavy atom. The summed E-state index contributed by atoms with van der Waals surface area (Å²) in [5.41, 5.74) is 8.51. The van der Waals surface area contributed by atoms with Crippen LogP contribution in [0.4, 0.5) is 5.69 Å². The second-order valence-corrected chi connectivity index (χ2v) is 5.58. The Labute approximate surface area is 126 Å². The van der Waals surface area contributed by atoms with Gasteiger partial charge in [-0.15, -0.1) is 0 Å². The summed E-state index contributed by atoms with van der Waals surface area (Å²) in [6, 6.07) is 9.41. The molecule has 0 fully saturated rings. The average molecular weight is 334 g/mol. The fraction of sp³-hybridized carbons (Fsp3) is 0.200. The lowest BCUT2D eigenvalue weighted by molar-refractivity contribution is 0.0940. The summed E-state index contributed by atoms with van der Waals surface area (Å²) in [4.78, 5) is 16.3. The Hall–Kier alpha value is -1.88. The second kappa shape index (κ2) is 6.05. The number of nitrogens with one attached hydrogen (secondary N) is 1. The maximum absolute atomic E-state index is 12.2. The number of nitrogens with two attached hydrogens (primary N) is 1. The van der Waals surface area contributed by atoms with Gasteiger partial charge in [0.1, 0.15) is 0 Å². The highest BCUT2D eigenvalue weighted by Gasteiger charge is 2.14. The minimum absolute atomic E-state index is 0.101. The number of pyridine rings is 1. The van der Waals surface area contributed by atoms with Gasteiger partial charge in [0, 0.05) is 22.1 Å². The number of amides is 1. The molecule has 0 aliphatic carbocycles. The van der Waals surface area contributed by atoms with Crippen LogP contribution < -0.4 is 11.1 Å². The molecule has 2 rings (SSSR count). The standard InChI is InChI=1S/C15H16BrN3O/c1-9-7-14(17)13(8-18-9)15(20)19-10(2)11-3-5-12(16)6-4-11/h3-8,10H,1-2H3,(H2,17,18)(H,19,20). The van der Waals surface area contributed by atoms with Crippen LogP contribution in [0.15, 0.2) is 41.0 Å². The van der Waals surface area contributed by atoms with E-state index in [4.69, 9.17) is 5.73 Å². The van der Waals surface area contributed by atoms with Crippen LogP contribution in [-0.2, 0) is 0 Å². The van der Waals surface area contributed by atoms with Crippen molar-refractivity contribution in [2.45, 2.75) is 19.9 Å². The molecule has 1 amide bonds. The second-order valence-electron chi connectivity index (χ2n) is 4.66. The lowest BCUT2D eigenvalue weighted by Crippen LogP contribution is -2.27. The summed E-state index contributed by atoms with van der Waals surface area (Å²) >= 11 is 3.39. The van der Waals surface area contributed by atoms with Crippen LogP contribution in [0.3, 0.4) is 0 Å².